The van der Waals surface area contributed by atoms with Gasteiger partial charge in [0.15, 0.2) is 5.75 Å². The van der Waals surface area contributed by atoms with Crippen molar-refractivity contribution in [2.24, 2.45) is 5.92 Å². The first-order chi connectivity index (χ1) is 7.76. The fraction of sp³-hybridized carbons (Fsp3) is 0.583. The van der Waals surface area contributed by atoms with Gasteiger partial charge < -0.3 is 10.1 Å². The van der Waals surface area contributed by atoms with Crippen LogP contribution in [-0.2, 0) is 0 Å². The highest BCUT2D eigenvalue weighted by atomic mass is 35.5. The number of methoxy groups -OCH3 is 1. The van der Waals surface area contributed by atoms with Gasteiger partial charge >= 0.3 is 0 Å². The molecule has 88 valence electrons. The van der Waals surface area contributed by atoms with E-state index in [9.17, 15) is 0 Å². The van der Waals surface area contributed by atoms with Gasteiger partial charge in [0.1, 0.15) is 0 Å². The van der Waals surface area contributed by atoms with Gasteiger partial charge in [0.2, 0.25) is 0 Å². The second-order valence-electron chi connectivity index (χ2n) is 4.12. The third kappa shape index (κ3) is 2.47. The molecule has 0 saturated heterocycles. The van der Waals surface area contributed by atoms with Gasteiger partial charge in [0.05, 0.1) is 30.1 Å². The number of halogens is 1. The SMILES string of the molecule is CCNC(c1cc(Cl)c(OC)cn1)C1CC1. The first-order valence-electron chi connectivity index (χ1n) is 5.69. The fourth-order valence-electron chi connectivity index (χ4n) is 1.92. The van der Waals surface area contributed by atoms with Gasteiger partial charge in [-0.1, -0.05) is 18.5 Å². The maximum absolute atomic E-state index is 6.11. The van der Waals surface area contributed by atoms with Gasteiger partial charge in [0.25, 0.3) is 0 Å². The number of nitrogens with zero attached hydrogens (tertiary/aromatic N) is 1. The highest BCUT2D eigenvalue weighted by molar-refractivity contribution is 6.32. The summed E-state index contributed by atoms with van der Waals surface area (Å²) in [5, 5.41) is 4.10. The Hall–Kier alpha value is -0.800. The van der Waals surface area contributed by atoms with Crippen LogP contribution >= 0.6 is 11.6 Å². The number of nitrogens with one attached hydrogen (secondary N) is 1. The van der Waals surface area contributed by atoms with Crippen LogP contribution in [0.5, 0.6) is 5.75 Å². The van der Waals surface area contributed by atoms with Crippen LogP contribution in [0.4, 0.5) is 0 Å². The van der Waals surface area contributed by atoms with Gasteiger partial charge in [-0.25, -0.2) is 0 Å². The Bertz CT molecular complexity index is 366. The zero-order valence-corrected chi connectivity index (χ0v) is 10.4. The van der Waals surface area contributed by atoms with Gasteiger partial charge in [-0.2, -0.15) is 0 Å². The minimum atomic E-state index is 0.341. The van der Waals surface area contributed by atoms with Crippen LogP contribution in [0.25, 0.3) is 0 Å². The molecule has 1 aliphatic carbocycles. The maximum Gasteiger partial charge on any atom is 0.155 e. The van der Waals surface area contributed by atoms with E-state index in [4.69, 9.17) is 16.3 Å². The van der Waals surface area contributed by atoms with E-state index in [1.165, 1.54) is 12.8 Å². The van der Waals surface area contributed by atoms with Crippen molar-refractivity contribution in [3.05, 3.63) is 23.0 Å². The Morgan fingerprint density at radius 2 is 2.38 bits per heavy atom. The summed E-state index contributed by atoms with van der Waals surface area (Å²) in [5.74, 6) is 1.35. The lowest BCUT2D eigenvalue weighted by Gasteiger charge is -2.17. The van der Waals surface area contributed by atoms with E-state index in [0.717, 1.165) is 18.2 Å². The van der Waals surface area contributed by atoms with Crippen molar-refractivity contribution >= 4 is 11.6 Å². The van der Waals surface area contributed by atoms with E-state index in [1.807, 2.05) is 6.07 Å². The lowest BCUT2D eigenvalue weighted by molar-refractivity contribution is 0.411. The summed E-state index contributed by atoms with van der Waals surface area (Å²) in [6.07, 6.45) is 4.26. The van der Waals surface area contributed by atoms with E-state index < -0.39 is 0 Å². The van der Waals surface area contributed by atoms with Gasteiger partial charge in [0, 0.05) is 0 Å². The van der Waals surface area contributed by atoms with Crippen LogP contribution in [0.1, 0.15) is 31.5 Å². The Morgan fingerprint density at radius 3 is 2.88 bits per heavy atom. The minimum absolute atomic E-state index is 0.341. The normalized spacial score (nSPS) is 17.2. The van der Waals surface area contributed by atoms with E-state index in [0.29, 0.717) is 16.8 Å². The molecule has 0 amide bonds. The topological polar surface area (TPSA) is 34.1 Å². The van der Waals surface area contributed by atoms with Crippen LogP contribution in [0.3, 0.4) is 0 Å². The van der Waals surface area contributed by atoms with Gasteiger partial charge in [-0.05, 0) is 31.4 Å². The van der Waals surface area contributed by atoms with Crippen molar-refractivity contribution in [3.8, 4) is 5.75 Å². The average molecular weight is 241 g/mol. The number of hydrogen-bond acceptors (Lipinski definition) is 3. The number of rotatable bonds is 5. The Balaban J connectivity index is 2.20. The molecule has 0 aliphatic heterocycles. The third-order valence-electron chi connectivity index (χ3n) is 2.90. The summed E-state index contributed by atoms with van der Waals surface area (Å²) in [5.41, 5.74) is 1.02. The van der Waals surface area contributed by atoms with E-state index in [1.54, 1.807) is 13.3 Å². The summed E-state index contributed by atoms with van der Waals surface area (Å²) in [4.78, 5) is 4.42. The smallest absolute Gasteiger partial charge is 0.155 e. The van der Waals surface area contributed by atoms with Crippen LogP contribution in [0.15, 0.2) is 12.3 Å². The Morgan fingerprint density at radius 1 is 1.62 bits per heavy atom. The van der Waals surface area contributed by atoms with E-state index in [2.05, 4.69) is 17.2 Å². The number of pyridine rings is 1. The summed E-state index contributed by atoms with van der Waals surface area (Å²) in [6.45, 7) is 3.06. The predicted molar refractivity (Wildman–Crippen MR) is 64.9 cm³/mol. The van der Waals surface area contributed by atoms with Crippen molar-refractivity contribution in [1.82, 2.24) is 10.3 Å². The standard InChI is InChI=1S/C12H17ClN2O/c1-3-14-12(8-4-5-8)10-6-9(13)11(16-2)7-15-10/h6-8,12,14H,3-5H2,1-2H3. The molecule has 0 radical (unpaired) electrons. The van der Waals surface area contributed by atoms with Gasteiger partial charge in [-0.3, -0.25) is 4.98 Å². The molecule has 1 aromatic heterocycles. The molecule has 1 heterocycles. The fourth-order valence-corrected chi connectivity index (χ4v) is 2.15. The molecule has 4 heteroatoms. The predicted octanol–water partition coefficient (Wildman–Crippen LogP) is 2.80. The van der Waals surface area contributed by atoms with Crippen LogP contribution in [0, 0.1) is 5.92 Å². The summed E-state index contributed by atoms with van der Waals surface area (Å²) >= 11 is 6.11. The first-order valence-corrected chi connectivity index (χ1v) is 6.06. The minimum Gasteiger partial charge on any atom is -0.494 e. The zero-order chi connectivity index (χ0) is 11.5. The molecule has 1 aromatic rings. The molecule has 1 saturated carbocycles. The van der Waals surface area contributed by atoms with Crippen molar-refractivity contribution < 1.29 is 4.74 Å². The summed E-state index contributed by atoms with van der Waals surface area (Å²) < 4.78 is 5.10. The van der Waals surface area contributed by atoms with Crippen LogP contribution in [0.2, 0.25) is 5.02 Å². The van der Waals surface area contributed by atoms with Crippen molar-refractivity contribution in [2.45, 2.75) is 25.8 Å². The highest BCUT2D eigenvalue weighted by Gasteiger charge is 2.32. The molecule has 3 nitrogen and oxygen atoms in total. The molecule has 1 N–H and O–H groups in total. The third-order valence-corrected chi connectivity index (χ3v) is 3.19. The largest absolute Gasteiger partial charge is 0.494 e. The quantitative estimate of drug-likeness (QED) is 0.860. The second kappa shape index (κ2) is 5.02. The molecule has 1 unspecified atom stereocenters. The van der Waals surface area contributed by atoms with Crippen LogP contribution < -0.4 is 10.1 Å². The van der Waals surface area contributed by atoms with Crippen LogP contribution in [-0.4, -0.2) is 18.6 Å². The molecular weight excluding hydrogens is 224 g/mol. The Labute approximate surface area is 101 Å². The molecule has 2 rings (SSSR count). The number of hydrogen-bond donors (Lipinski definition) is 1. The monoisotopic (exact) mass is 240 g/mol. The molecule has 1 atom stereocenters. The lowest BCUT2D eigenvalue weighted by Crippen LogP contribution is -2.23. The van der Waals surface area contributed by atoms with E-state index >= 15 is 0 Å². The average Bonchev–Trinajstić information content (AvgIpc) is 3.09. The molecule has 0 spiro atoms. The molecule has 1 fully saturated rings. The molecule has 0 aromatic carbocycles. The first kappa shape index (κ1) is 11.7. The number of aromatic nitrogens is 1. The van der Waals surface area contributed by atoms with Crippen molar-refractivity contribution in [2.75, 3.05) is 13.7 Å². The molecule has 16 heavy (non-hydrogen) atoms. The summed E-state index contributed by atoms with van der Waals surface area (Å²) in [6, 6.07) is 2.25. The molecule has 0 bridgehead atoms. The molecule has 1 aliphatic rings. The summed E-state index contributed by atoms with van der Waals surface area (Å²) in [7, 11) is 1.60. The Kier molecular flexibility index (Phi) is 3.66. The second-order valence-corrected chi connectivity index (χ2v) is 4.52. The highest BCUT2D eigenvalue weighted by Crippen LogP contribution is 2.41. The zero-order valence-electron chi connectivity index (χ0n) is 9.66. The number of ether oxygens (including phenoxy) is 1. The lowest BCUT2D eigenvalue weighted by atomic mass is 10.1. The maximum atomic E-state index is 6.11. The van der Waals surface area contributed by atoms with Crippen molar-refractivity contribution in [1.29, 1.82) is 0 Å². The molecular formula is C12H17ClN2O. The van der Waals surface area contributed by atoms with Crippen molar-refractivity contribution in [3.63, 3.8) is 0 Å². The van der Waals surface area contributed by atoms with E-state index in [-0.39, 0.29) is 0 Å². The van der Waals surface area contributed by atoms with Gasteiger partial charge in [-0.15, -0.1) is 0 Å².